The molecule has 0 N–H and O–H groups in total. The lowest BCUT2D eigenvalue weighted by atomic mass is 9.76. The summed E-state index contributed by atoms with van der Waals surface area (Å²) in [6, 6.07) is 5.83. The van der Waals surface area contributed by atoms with E-state index < -0.39 is 5.60 Å². The molecule has 0 bridgehead atoms. The highest BCUT2D eigenvalue weighted by atomic mass is 35.5. The molecule has 0 spiro atoms. The quantitative estimate of drug-likeness (QED) is 0.662. The van der Waals surface area contributed by atoms with Gasteiger partial charge in [0.05, 0.1) is 6.61 Å². The Bertz CT molecular complexity index is 683. The first kappa shape index (κ1) is 21.5. The minimum Gasteiger partial charge on any atom is -0.466 e. The monoisotopic (exact) mass is 395 g/mol. The minimum atomic E-state index is -0.550. The maximum absolute atomic E-state index is 12.6. The Morgan fingerprint density at radius 2 is 2.00 bits per heavy atom. The van der Waals surface area contributed by atoms with Crippen LogP contribution in [0.1, 0.15) is 64.0 Å². The van der Waals surface area contributed by atoms with Crippen molar-refractivity contribution in [3.63, 3.8) is 0 Å². The van der Waals surface area contributed by atoms with Gasteiger partial charge in [-0.05, 0) is 70.2 Å². The Morgan fingerprint density at radius 1 is 1.30 bits per heavy atom. The molecule has 150 valence electrons. The summed E-state index contributed by atoms with van der Waals surface area (Å²) in [7, 11) is 1.77. The molecule has 6 heteroatoms. The maximum atomic E-state index is 12.6. The van der Waals surface area contributed by atoms with Gasteiger partial charge in [-0.1, -0.05) is 17.7 Å². The summed E-state index contributed by atoms with van der Waals surface area (Å²) in [6.07, 6.45) is 2.23. The molecule has 0 heterocycles. The van der Waals surface area contributed by atoms with Gasteiger partial charge in [-0.2, -0.15) is 0 Å². The molecule has 0 radical (unpaired) electrons. The van der Waals surface area contributed by atoms with Crippen LogP contribution in [0.4, 0.5) is 4.79 Å². The van der Waals surface area contributed by atoms with E-state index in [0.717, 1.165) is 18.4 Å². The second-order valence-corrected chi connectivity index (χ2v) is 8.43. The number of fused-ring (bicyclic) bond motifs is 1. The zero-order chi connectivity index (χ0) is 20.2. The van der Waals surface area contributed by atoms with Crippen molar-refractivity contribution in [2.24, 2.45) is 0 Å². The predicted octanol–water partition coefficient (Wildman–Crippen LogP) is 4.95. The van der Waals surface area contributed by atoms with Gasteiger partial charge in [-0.25, -0.2) is 4.79 Å². The molecule has 0 saturated heterocycles. The van der Waals surface area contributed by atoms with Crippen LogP contribution in [-0.2, 0) is 20.7 Å². The van der Waals surface area contributed by atoms with E-state index in [1.54, 1.807) is 18.9 Å². The molecule has 0 aliphatic heterocycles. The van der Waals surface area contributed by atoms with E-state index in [9.17, 15) is 9.59 Å². The molecule has 27 heavy (non-hydrogen) atoms. The van der Waals surface area contributed by atoms with E-state index >= 15 is 0 Å². The molecule has 0 saturated carbocycles. The van der Waals surface area contributed by atoms with Crippen LogP contribution in [-0.4, -0.2) is 42.3 Å². The molecule has 1 amide bonds. The van der Waals surface area contributed by atoms with E-state index in [2.05, 4.69) is 0 Å². The fourth-order valence-electron chi connectivity index (χ4n) is 3.65. The van der Waals surface area contributed by atoms with Crippen LogP contribution < -0.4 is 0 Å². The van der Waals surface area contributed by atoms with Gasteiger partial charge >= 0.3 is 12.1 Å². The number of halogens is 1. The number of carbonyl (C=O) groups excluding carboxylic acids is 2. The summed E-state index contributed by atoms with van der Waals surface area (Å²) in [5.74, 6) is -0.176. The van der Waals surface area contributed by atoms with Gasteiger partial charge in [0.15, 0.2) is 0 Å². The predicted molar refractivity (Wildman–Crippen MR) is 106 cm³/mol. The summed E-state index contributed by atoms with van der Waals surface area (Å²) in [6.45, 7) is 7.74. The molecular weight excluding hydrogens is 366 g/mol. The number of likely N-dealkylation sites (N-methyl/N-ethyl adjacent to an activating group) is 1. The fraction of sp³-hybridized carbons (Fsp3) is 0.619. The van der Waals surface area contributed by atoms with E-state index in [-0.39, 0.29) is 24.0 Å². The standard InChI is InChI=1S/C21H30ClNO4/c1-6-26-19(24)12-10-17-16-9-8-15(22)13-14(16)7-11-18(17)23(5)20(25)27-21(2,3)4/h8-9,13,17-18H,6-7,10-12H2,1-5H3/t17-,18-/m1/s1/i19+0. The third kappa shape index (κ3) is 5.86. The van der Waals surface area contributed by atoms with E-state index in [1.165, 1.54) is 5.56 Å². The third-order valence-electron chi connectivity index (χ3n) is 4.82. The molecule has 1 aliphatic carbocycles. The number of hydrogen-bond donors (Lipinski definition) is 0. The van der Waals surface area contributed by atoms with Crippen molar-refractivity contribution in [1.29, 1.82) is 0 Å². The smallest absolute Gasteiger partial charge is 0.410 e. The molecule has 1 aromatic carbocycles. The Hall–Kier alpha value is -1.75. The number of benzene rings is 1. The summed E-state index contributed by atoms with van der Waals surface area (Å²) in [5.41, 5.74) is 1.78. The fourth-order valence-corrected chi connectivity index (χ4v) is 3.85. The van der Waals surface area contributed by atoms with Crippen molar-refractivity contribution in [1.82, 2.24) is 4.90 Å². The summed E-state index contributed by atoms with van der Waals surface area (Å²) < 4.78 is 10.6. The van der Waals surface area contributed by atoms with E-state index in [4.69, 9.17) is 21.1 Å². The lowest BCUT2D eigenvalue weighted by molar-refractivity contribution is -0.143. The number of ether oxygens (including phenoxy) is 2. The van der Waals surface area contributed by atoms with E-state index in [0.29, 0.717) is 24.5 Å². The van der Waals surface area contributed by atoms with Crippen molar-refractivity contribution in [2.45, 2.75) is 70.9 Å². The van der Waals surface area contributed by atoms with Crippen molar-refractivity contribution in [3.8, 4) is 0 Å². The number of nitrogens with zero attached hydrogens (tertiary/aromatic N) is 1. The van der Waals surface area contributed by atoms with Gasteiger partial charge in [0, 0.05) is 30.5 Å². The van der Waals surface area contributed by atoms with Crippen LogP contribution in [0.25, 0.3) is 0 Å². The summed E-state index contributed by atoms with van der Waals surface area (Å²) >= 11 is 6.16. The second kappa shape index (κ2) is 8.96. The largest absolute Gasteiger partial charge is 0.466 e. The Kier molecular flexibility index (Phi) is 7.15. The van der Waals surface area contributed by atoms with Crippen molar-refractivity contribution in [3.05, 3.63) is 34.3 Å². The highest BCUT2D eigenvalue weighted by Crippen LogP contribution is 2.39. The number of esters is 1. The average molecular weight is 396 g/mol. The average Bonchev–Trinajstić information content (AvgIpc) is 2.57. The maximum Gasteiger partial charge on any atom is 0.410 e. The lowest BCUT2D eigenvalue weighted by Gasteiger charge is -2.39. The highest BCUT2D eigenvalue weighted by Gasteiger charge is 2.36. The second-order valence-electron chi connectivity index (χ2n) is 7.99. The molecular formula is C21H30ClNO4. The van der Waals surface area contributed by atoms with Crippen LogP contribution in [0, 0.1) is 0 Å². The first-order valence-corrected chi connectivity index (χ1v) is 9.90. The van der Waals surface area contributed by atoms with Crippen LogP contribution >= 0.6 is 11.6 Å². The normalized spacial score (nSPS) is 19.2. The first-order chi connectivity index (χ1) is 12.6. The first-order valence-electron chi connectivity index (χ1n) is 9.52. The van der Waals surface area contributed by atoms with Crippen molar-refractivity contribution < 1.29 is 19.1 Å². The SMILES string of the molecule is CCO[12C](=O)CC[C@@H]1c2ccc(Cl)cc2CC[C@H]1N(C)C(=O)OC(C)(C)C. The Morgan fingerprint density at radius 3 is 2.63 bits per heavy atom. The molecule has 1 aliphatic rings. The number of aryl methyl sites for hydroxylation is 1. The van der Waals surface area contributed by atoms with Crippen molar-refractivity contribution in [2.75, 3.05) is 13.7 Å². The molecule has 0 aromatic heterocycles. The van der Waals surface area contributed by atoms with Crippen molar-refractivity contribution >= 4 is 23.7 Å². The van der Waals surface area contributed by atoms with Gasteiger partial charge in [0.1, 0.15) is 5.60 Å². The third-order valence-corrected chi connectivity index (χ3v) is 5.06. The van der Waals surface area contributed by atoms with Gasteiger partial charge in [-0.15, -0.1) is 0 Å². The molecule has 5 nitrogen and oxygen atoms in total. The van der Waals surface area contributed by atoms with Crippen LogP contribution in [0.15, 0.2) is 18.2 Å². The number of rotatable bonds is 5. The van der Waals surface area contributed by atoms with Gasteiger partial charge < -0.3 is 14.4 Å². The number of carbonyl (C=O) groups is 2. The molecule has 0 fully saturated rings. The molecule has 2 atom stereocenters. The molecule has 0 unspecified atom stereocenters. The Balaban J connectivity index is 2.24. The minimum absolute atomic E-state index is 0.0351. The van der Waals surface area contributed by atoms with Gasteiger partial charge in [0.2, 0.25) is 0 Å². The number of hydrogen-bond acceptors (Lipinski definition) is 4. The number of amides is 1. The van der Waals surface area contributed by atoms with Crippen LogP contribution in [0.2, 0.25) is 5.02 Å². The van der Waals surface area contributed by atoms with Crippen LogP contribution in [0.5, 0.6) is 0 Å². The lowest BCUT2D eigenvalue weighted by Crippen LogP contribution is -2.45. The highest BCUT2D eigenvalue weighted by molar-refractivity contribution is 6.30. The summed E-state index contributed by atoms with van der Waals surface area (Å²) in [5, 5.41) is 0.705. The van der Waals surface area contributed by atoms with Gasteiger partial charge in [0.25, 0.3) is 0 Å². The van der Waals surface area contributed by atoms with Crippen LogP contribution in [0.3, 0.4) is 0 Å². The topological polar surface area (TPSA) is 55.8 Å². The zero-order valence-corrected chi connectivity index (χ0v) is 17.6. The van der Waals surface area contributed by atoms with Gasteiger partial charge in [-0.3, -0.25) is 4.79 Å². The Labute approximate surface area is 167 Å². The zero-order valence-electron chi connectivity index (χ0n) is 16.9. The van der Waals surface area contributed by atoms with E-state index in [1.807, 2.05) is 39.0 Å². The molecule has 1 aromatic rings. The summed E-state index contributed by atoms with van der Waals surface area (Å²) in [4.78, 5) is 26.2. The molecule has 2 rings (SSSR count).